The van der Waals surface area contributed by atoms with Crippen LogP contribution in [-0.4, -0.2) is 30.0 Å². The van der Waals surface area contributed by atoms with Crippen molar-refractivity contribution in [1.29, 1.82) is 0 Å². The van der Waals surface area contributed by atoms with Gasteiger partial charge in [0.1, 0.15) is 4.91 Å². The molecule has 1 aliphatic heterocycles. The Morgan fingerprint density at radius 3 is 2.09 bits per heavy atom. The highest BCUT2D eigenvalue weighted by molar-refractivity contribution is 9.10. The molecule has 0 aromatic heterocycles. The van der Waals surface area contributed by atoms with Gasteiger partial charge >= 0.3 is 0 Å². The van der Waals surface area contributed by atoms with Gasteiger partial charge in [0.15, 0.2) is 5.78 Å². The van der Waals surface area contributed by atoms with Gasteiger partial charge in [0, 0.05) is 21.7 Å². The van der Waals surface area contributed by atoms with Crippen LogP contribution < -0.4 is 0 Å². The SMILES string of the molecule is CC(C)(C)N1C(=O)C=C(c2ccc(CC(C(=O)c3ccccc3)c3ccccc3)cc2Br)S1(=O)=O. The fourth-order valence-electron chi connectivity index (χ4n) is 4.34. The van der Waals surface area contributed by atoms with E-state index in [1.54, 1.807) is 26.8 Å². The van der Waals surface area contributed by atoms with Crippen molar-refractivity contribution in [1.82, 2.24) is 4.31 Å². The molecule has 0 saturated carbocycles. The maximum absolute atomic E-state index is 13.4. The molecule has 0 N–H and O–H groups in total. The van der Waals surface area contributed by atoms with Crippen LogP contribution in [0.2, 0.25) is 0 Å². The lowest BCUT2D eigenvalue weighted by molar-refractivity contribution is -0.123. The Labute approximate surface area is 214 Å². The summed E-state index contributed by atoms with van der Waals surface area (Å²) < 4.78 is 27.8. The highest BCUT2D eigenvalue weighted by Crippen LogP contribution is 2.39. The number of carbonyl (C=O) groups excluding carboxylic acids is 2. The molecule has 0 bridgehead atoms. The minimum Gasteiger partial charge on any atom is -0.293 e. The number of rotatable bonds is 6. The number of hydrogen-bond donors (Lipinski definition) is 0. The lowest BCUT2D eigenvalue weighted by Crippen LogP contribution is -2.45. The number of Topliss-reactive ketones (excluding diaryl/α,β-unsaturated/α-hetero) is 1. The normalized spacial score (nSPS) is 16.2. The van der Waals surface area contributed by atoms with Gasteiger partial charge in [-0.15, -0.1) is 0 Å². The molecular formula is C28H26BrNO4S. The maximum atomic E-state index is 13.4. The first-order chi connectivity index (χ1) is 16.5. The number of benzene rings is 3. The van der Waals surface area contributed by atoms with Crippen molar-refractivity contribution in [2.75, 3.05) is 0 Å². The van der Waals surface area contributed by atoms with E-state index in [-0.39, 0.29) is 10.7 Å². The summed E-state index contributed by atoms with van der Waals surface area (Å²) in [5, 5.41) is 0. The molecule has 0 aliphatic carbocycles. The van der Waals surface area contributed by atoms with Crippen LogP contribution >= 0.6 is 15.9 Å². The van der Waals surface area contributed by atoms with Crippen molar-refractivity contribution in [2.24, 2.45) is 0 Å². The second kappa shape index (κ2) is 9.55. The first-order valence-corrected chi connectivity index (χ1v) is 13.5. The van der Waals surface area contributed by atoms with Crippen molar-refractivity contribution in [3.8, 4) is 0 Å². The molecule has 1 unspecified atom stereocenters. The fraction of sp³-hybridized carbons (Fsp3) is 0.214. The Kier molecular flexibility index (Phi) is 6.84. The number of nitrogens with zero attached hydrogens (tertiary/aromatic N) is 1. The van der Waals surface area contributed by atoms with Crippen molar-refractivity contribution >= 4 is 42.5 Å². The molecule has 3 aromatic carbocycles. The van der Waals surface area contributed by atoms with Crippen molar-refractivity contribution in [2.45, 2.75) is 38.6 Å². The molecule has 1 atom stereocenters. The molecule has 1 heterocycles. The second-order valence-electron chi connectivity index (χ2n) is 9.50. The Balaban J connectivity index is 1.68. The second-order valence-corrected chi connectivity index (χ2v) is 12.1. The van der Waals surface area contributed by atoms with Crippen LogP contribution in [-0.2, 0) is 21.2 Å². The number of carbonyl (C=O) groups is 2. The molecule has 1 amide bonds. The molecule has 0 radical (unpaired) electrons. The van der Waals surface area contributed by atoms with Crippen molar-refractivity contribution < 1.29 is 18.0 Å². The maximum Gasteiger partial charge on any atom is 0.268 e. The van der Waals surface area contributed by atoms with Crippen LogP contribution in [0.25, 0.3) is 4.91 Å². The van der Waals surface area contributed by atoms with Crippen LogP contribution in [0.3, 0.4) is 0 Å². The molecular weight excluding hydrogens is 526 g/mol. The molecule has 1 aliphatic rings. The third-order valence-electron chi connectivity index (χ3n) is 5.90. The van der Waals surface area contributed by atoms with E-state index in [0.717, 1.165) is 15.4 Å². The third-order valence-corrected chi connectivity index (χ3v) is 8.66. The van der Waals surface area contributed by atoms with E-state index < -0.39 is 27.4 Å². The van der Waals surface area contributed by atoms with Crippen LogP contribution in [0.4, 0.5) is 0 Å². The average Bonchev–Trinajstić information content (AvgIpc) is 3.06. The van der Waals surface area contributed by atoms with E-state index in [2.05, 4.69) is 15.9 Å². The van der Waals surface area contributed by atoms with Crippen molar-refractivity contribution in [3.05, 3.63) is 112 Å². The summed E-state index contributed by atoms with van der Waals surface area (Å²) in [5.41, 5.74) is 1.96. The van der Waals surface area contributed by atoms with Gasteiger partial charge in [-0.2, -0.15) is 0 Å². The highest BCUT2D eigenvalue weighted by atomic mass is 79.9. The van der Waals surface area contributed by atoms with Gasteiger partial charge in [-0.1, -0.05) is 88.7 Å². The summed E-state index contributed by atoms with van der Waals surface area (Å²) in [5.74, 6) is -0.936. The Morgan fingerprint density at radius 2 is 1.54 bits per heavy atom. The van der Waals surface area contributed by atoms with Gasteiger partial charge in [0.05, 0.1) is 11.5 Å². The van der Waals surface area contributed by atoms with Crippen LogP contribution in [0, 0.1) is 0 Å². The topological polar surface area (TPSA) is 71.5 Å². The first-order valence-electron chi connectivity index (χ1n) is 11.2. The van der Waals surface area contributed by atoms with Gasteiger partial charge < -0.3 is 0 Å². The molecule has 5 nitrogen and oxygen atoms in total. The molecule has 4 rings (SSSR count). The first kappa shape index (κ1) is 25.1. The van der Waals surface area contributed by atoms with E-state index in [9.17, 15) is 18.0 Å². The minimum absolute atomic E-state index is 0.0180. The fourth-order valence-corrected chi connectivity index (χ4v) is 7.03. The zero-order valence-electron chi connectivity index (χ0n) is 19.7. The van der Waals surface area contributed by atoms with E-state index in [4.69, 9.17) is 0 Å². The summed E-state index contributed by atoms with van der Waals surface area (Å²) in [6, 6.07) is 24.1. The summed E-state index contributed by atoms with van der Waals surface area (Å²) in [6.45, 7) is 5.06. The number of hydrogen-bond acceptors (Lipinski definition) is 4. The van der Waals surface area contributed by atoms with Crippen LogP contribution in [0.1, 0.15) is 53.7 Å². The van der Waals surface area contributed by atoms with Crippen LogP contribution in [0.15, 0.2) is 89.4 Å². The Morgan fingerprint density at radius 1 is 0.943 bits per heavy atom. The minimum atomic E-state index is -3.98. The number of amides is 1. The lowest BCUT2D eigenvalue weighted by Gasteiger charge is -2.30. The summed E-state index contributed by atoms with van der Waals surface area (Å²) in [7, 11) is -3.98. The number of sulfonamides is 1. The third kappa shape index (κ3) is 5.02. The average molecular weight is 552 g/mol. The van der Waals surface area contributed by atoms with Gasteiger partial charge in [-0.3, -0.25) is 9.59 Å². The summed E-state index contributed by atoms with van der Waals surface area (Å²) >= 11 is 3.51. The Hall–Kier alpha value is -3.03. The molecule has 180 valence electrons. The van der Waals surface area contributed by atoms with E-state index in [1.165, 1.54) is 6.08 Å². The molecule has 0 saturated heterocycles. The van der Waals surface area contributed by atoms with Crippen LogP contribution in [0.5, 0.6) is 0 Å². The standard InChI is InChI=1S/C28H26BrNO4S/c1-28(2,3)30-26(31)18-25(35(30,33)34)22-15-14-19(17-24(22)29)16-23(20-10-6-4-7-11-20)27(32)21-12-8-5-9-13-21/h4-15,17-18,23H,16H2,1-3H3. The predicted octanol–water partition coefficient (Wildman–Crippen LogP) is 5.97. The quantitative estimate of drug-likeness (QED) is 0.354. The number of halogens is 1. The van der Waals surface area contributed by atoms with E-state index in [1.807, 2.05) is 72.8 Å². The molecule has 7 heteroatoms. The zero-order valence-corrected chi connectivity index (χ0v) is 22.1. The van der Waals surface area contributed by atoms with Gasteiger partial charge in [-0.05, 0) is 44.4 Å². The van der Waals surface area contributed by atoms with Gasteiger partial charge in [0.2, 0.25) is 0 Å². The molecule has 3 aromatic rings. The van der Waals surface area contributed by atoms with Crippen molar-refractivity contribution in [3.63, 3.8) is 0 Å². The van der Waals surface area contributed by atoms with Gasteiger partial charge in [0.25, 0.3) is 15.9 Å². The molecule has 35 heavy (non-hydrogen) atoms. The van der Waals surface area contributed by atoms with E-state index in [0.29, 0.717) is 22.0 Å². The summed E-state index contributed by atoms with van der Waals surface area (Å²) in [6.07, 6.45) is 1.61. The number of ketones is 1. The van der Waals surface area contributed by atoms with Gasteiger partial charge in [-0.25, -0.2) is 12.7 Å². The smallest absolute Gasteiger partial charge is 0.268 e. The zero-order chi connectivity index (χ0) is 25.4. The Bertz CT molecular complexity index is 1410. The van der Waals surface area contributed by atoms with E-state index >= 15 is 0 Å². The monoisotopic (exact) mass is 551 g/mol. The predicted molar refractivity (Wildman–Crippen MR) is 141 cm³/mol. The largest absolute Gasteiger partial charge is 0.293 e. The summed E-state index contributed by atoms with van der Waals surface area (Å²) in [4.78, 5) is 25.9. The molecule has 0 spiro atoms. The molecule has 0 fully saturated rings. The lowest BCUT2D eigenvalue weighted by atomic mass is 9.85. The highest BCUT2D eigenvalue weighted by Gasteiger charge is 2.44.